The monoisotopic (exact) mass is 410 g/mol. The second-order valence-corrected chi connectivity index (χ2v) is 8.13. The number of aliphatic hydroxyl groups is 4. The predicted molar refractivity (Wildman–Crippen MR) is 107 cm³/mol. The molecule has 4 N–H and O–H groups in total. The third-order valence-electron chi connectivity index (χ3n) is 5.87. The summed E-state index contributed by atoms with van der Waals surface area (Å²) in [7, 11) is 0. The van der Waals surface area contributed by atoms with Gasteiger partial charge in [0.2, 0.25) is 0 Å². The van der Waals surface area contributed by atoms with E-state index >= 15 is 0 Å². The molecule has 0 amide bonds. The zero-order valence-electron chi connectivity index (χ0n) is 16.9. The van der Waals surface area contributed by atoms with Gasteiger partial charge < -0.3 is 34.6 Å². The van der Waals surface area contributed by atoms with Crippen LogP contribution in [0.25, 0.3) is 0 Å². The van der Waals surface area contributed by atoms with E-state index in [4.69, 9.17) is 14.2 Å². The van der Waals surface area contributed by atoms with Gasteiger partial charge in [-0.05, 0) is 55.7 Å². The van der Waals surface area contributed by atoms with Gasteiger partial charge in [0.05, 0.1) is 13.2 Å². The summed E-state index contributed by atoms with van der Waals surface area (Å²) in [6.45, 7) is 0.713. The van der Waals surface area contributed by atoms with Gasteiger partial charge in [-0.1, -0.05) is 25.0 Å². The minimum atomic E-state index is -1.40. The van der Waals surface area contributed by atoms with Crippen molar-refractivity contribution in [2.45, 2.75) is 75.7 Å². The Morgan fingerprint density at radius 2 is 1.66 bits per heavy atom. The van der Waals surface area contributed by atoms with Gasteiger partial charge >= 0.3 is 0 Å². The fourth-order valence-corrected chi connectivity index (χ4v) is 3.98. The Hall–Kier alpha value is -1.22. The minimum absolute atomic E-state index is 0.352. The molecule has 2 fully saturated rings. The number of benzene rings is 1. The van der Waals surface area contributed by atoms with Crippen molar-refractivity contribution < 1.29 is 34.6 Å². The van der Waals surface area contributed by atoms with Gasteiger partial charge in [0.1, 0.15) is 30.2 Å². The molecule has 1 heterocycles. The zero-order chi connectivity index (χ0) is 20.6. The molecule has 29 heavy (non-hydrogen) atoms. The molecule has 2 aliphatic rings. The van der Waals surface area contributed by atoms with E-state index < -0.39 is 37.3 Å². The number of hydrogen-bond acceptors (Lipinski definition) is 7. The Kier molecular flexibility index (Phi) is 8.71. The van der Waals surface area contributed by atoms with Crippen LogP contribution in [0.15, 0.2) is 24.3 Å². The molecule has 1 saturated carbocycles. The summed E-state index contributed by atoms with van der Waals surface area (Å²) in [6, 6.07) is 8.22. The van der Waals surface area contributed by atoms with E-state index in [-0.39, 0.29) is 0 Å². The molecule has 7 heteroatoms. The summed E-state index contributed by atoms with van der Waals surface area (Å²) in [4.78, 5) is 0. The standard InChI is InChI=1S/C22H34O7/c23-13-18-19(24)20(25)21(26)22(29-18)27-12-4-3-5-15-8-10-17(11-9-15)28-14-16-6-1-2-7-16/h8-11,16,18-26H,1-7,12-14H2/t18-,19-,20+,21-,22-/m1/s1. The normalized spacial score (nSPS) is 30.6. The highest BCUT2D eigenvalue weighted by molar-refractivity contribution is 5.27. The summed E-state index contributed by atoms with van der Waals surface area (Å²) in [5, 5.41) is 38.6. The Morgan fingerprint density at radius 1 is 0.931 bits per heavy atom. The summed E-state index contributed by atoms with van der Waals surface area (Å²) in [5.74, 6) is 1.63. The van der Waals surface area contributed by atoms with Crippen LogP contribution in [0.1, 0.15) is 44.1 Å². The van der Waals surface area contributed by atoms with Crippen LogP contribution in [0.5, 0.6) is 5.75 Å². The van der Waals surface area contributed by atoms with E-state index in [0.717, 1.165) is 31.6 Å². The lowest BCUT2D eigenvalue weighted by Gasteiger charge is -2.39. The number of aryl methyl sites for hydroxylation is 1. The second-order valence-electron chi connectivity index (χ2n) is 8.13. The average molecular weight is 411 g/mol. The van der Waals surface area contributed by atoms with Crippen molar-refractivity contribution in [2.75, 3.05) is 19.8 Å². The van der Waals surface area contributed by atoms with E-state index in [9.17, 15) is 20.4 Å². The van der Waals surface area contributed by atoms with Crippen LogP contribution in [-0.2, 0) is 15.9 Å². The third kappa shape index (κ3) is 6.38. The van der Waals surface area contributed by atoms with Crippen molar-refractivity contribution in [1.29, 1.82) is 0 Å². The molecular formula is C22H34O7. The smallest absolute Gasteiger partial charge is 0.186 e. The van der Waals surface area contributed by atoms with Crippen molar-refractivity contribution in [1.82, 2.24) is 0 Å². The van der Waals surface area contributed by atoms with Gasteiger partial charge in [-0.2, -0.15) is 0 Å². The van der Waals surface area contributed by atoms with Crippen molar-refractivity contribution in [3.63, 3.8) is 0 Å². The first-order valence-corrected chi connectivity index (χ1v) is 10.7. The molecule has 0 spiro atoms. The molecule has 5 atom stereocenters. The van der Waals surface area contributed by atoms with Crippen LogP contribution >= 0.6 is 0 Å². The van der Waals surface area contributed by atoms with E-state index in [1.807, 2.05) is 12.1 Å². The Morgan fingerprint density at radius 3 is 2.34 bits per heavy atom. The van der Waals surface area contributed by atoms with Gasteiger partial charge in [0.15, 0.2) is 6.29 Å². The third-order valence-corrected chi connectivity index (χ3v) is 5.87. The van der Waals surface area contributed by atoms with Gasteiger partial charge in [0, 0.05) is 6.61 Å². The topological polar surface area (TPSA) is 109 Å². The summed E-state index contributed by atoms with van der Waals surface area (Å²) in [5.41, 5.74) is 1.23. The molecule has 3 rings (SSSR count). The molecule has 0 unspecified atom stereocenters. The molecule has 1 saturated heterocycles. The summed E-state index contributed by atoms with van der Waals surface area (Å²) in [6.07, 6.45) is 1.68. The molecule has 0 aromatic heterocycles. The first-order chi connectivity index (χ1) is 14.1. The molecule has 0 radical (unpaired) electrons. The number of aliphatic hydroxyl groups excluding tert-OH is 4. The first-order valence-electron chi connectivity index (χ1n) is 10.7. The van der Waals surface area contributed by atoms with Crippen molar-refractivity contribution in [3.8, 4) is 5.75 Å². The van der Waals surface area contributed by atoms with Crippen LogP contribution in [0.2, 0.25) is 0 Å². The lowest BCUT2D eigenvalue weighted by Crippen LogP contribution is -2.59. The summed E-state index contributed by atoms with van der Waals surface area (Å²) >= 11 is 0. The molecule has 1 aliphatic carbocycles. The molecule has 7 nitrogen and oxygen atoms in total. The Labute approximate surface area is 172 Å². The second kappa shape index (κ2) is 11.2. The largest absolute Gasteiger partial charge is 0.493 e. The minimum Gasteiger partial charge on any atom is -0.493 e. The summed E-state index contributed by atoms with van der Waals surface area (Å²) < 4.78 is 16.7. The number of unbranched alkanes of at least 4 members (excludes halogenated alkanes) is 1. The van der Waals surface area contributed by atoms with Crippen molar-refractivity contribution in [2.24, 2.45) is 5.92 Å². The van der Waals surface area contributed by atoms with Crippen molar-refractivity contribution >= 4 is 0 Å². The average Bonchev–Trinajstić information content (AvgIpc) is 3.26. The molecule has 0 bridgehead atoms. The lowest BCUT2D eigenvalue weighted by molar-refractivity contribution is -0.301. The Balaban J connectivity index is 1.32. The van der Waals surface area contributed by atoms with Crippen LogP contribution < -0.4 is 4.74 Å². The maximum Gasteiger partial charge on any atom is 0.186 e. The highest BCUT2D eigenvalue weighted by atomic mass is 16.7. The quantitative estimate of drug-likeness (QED) is 0.432. The predicted octanol–water partition coefficient (Wildman–Crippen LogP) is 1.39. The van der Waals surface area contributed by atoms with Gasteiger partial charge in [0.25, 0.3) is 0 Å². The highest BCUT2D eigenvalue weighted by Gasteiger charge is 2.43. The molecule has 1 aromatic rings. The Bertz CT molecular complexity index is 585. The highest BCUT2D eigenvalue weighted by Crippen LogP contribution is 2.26. The maximum absolute atomic E-state index is 9.94. The zero-order valence-corrected chi connectivity index (χ0v) is 16.9. The number of hydrogen-bond donors (Lipinski definition) is 4. The van der Waals surface area contributed by atoms with E-state index in [1.54, 1.807) is 0 Å². The van der Waals surface area contributed by atoms with E-state index in [1.165, 1.54) is 31.2 Å². The van der Waals surface area contributed by atoms with Crippen LogP contribution in [0.4, 0.5) is 0 Å². The number of ether oxygens (including phenoxy) is 3. The van der Waals surface area contributed by atoms with E-state index in [2.05, 4.69) is 12.1 Å². The first kappa shape index (κ1) is 22.5. The van der Waals surface area contributed by atoms with E-state index in [0.29, 0.717) is 12.5 Å². The van der Waals surface area contributed by atoms with Crippen LogP contribution in [0.3, 0.4) is 0 Å². The molecule has 164 valence electrons. The van der Waals surface area contributed by atoms with Gasteiger partial charge in [-0.25, -0.2) is 0 Å². The fraction of sp³-hybridized carbons (Fsp3) is 0.727. The molecular weight excluding hydrogens is 376 g/mol. The van der Waals surface area contributed by atoms with Crippen LogP contribution in [-0.4, -0.2) is 71.0 Å². The lowest BCUT2D eigenvalue weighted by atomic mass is 9.99. The number of rotatable bonds is 10. The molecule has 1 aromatic carbocycles. The fourth-order valence-electron chi connectivity index (χ4n) is 3.98. The van der Waals surface area contributed by atoms with Crippen LogP contribution in [0, 0.1) is 5.92 Å². The SMILES string of the molecule is OC[C@H]1O[C@@H](OCCCCc2ccc(OCC3CCCC3)cc2)[C@H](O)[C@@H](O)[C@@H]1O. The van der Waals surface area contributed by atoms with Gasteiger partial charge in [-0.3, -0.25) is 0 Å². The van der Waals surface area contributed by atoms with Gasteiger partial charge in [-0.15, -0.1) is 0 Å². The van der Waals surface area contributed by atoms with Crippen molar-refractivity contribution in [3.05, 3.63) is 29.8 Å². The molecule has 1 aliphatic heterocycles. The maximum atomic E-state index is 9.94.